The van der Waals surface area contributed by atoms with Crippen molar-refractivity contribution in [3.63, 3.8) is 0 Å². The van der Waals surface area contributed by atoms with E-state index >= 15 is 0 Å². The van der Waals surface area contributed by atoms with Crippen molar-refractivity contribution in [2.24, 2.45) is 0 Å². The Balaban J connectivity index is 1.76. The van der Waals surface area contributed by atoms with Crippen LogP contribution in [0.1, 0.15) is 17.5 Å². The molecule has 0 aliphatic carbocycles. The van der Waals surface area contributed by atoms with E-state index in [1.807, 2.05) is 0 Å². The first kappa shape index (κ1) is 21.4. The zero-order chi connectivity index (χ0) is 20.6. The summed E-state index contributed by atoms with van der Waals surface area (Å²) in [5.74, 6) is -0.429. The summed E-state index contributed by atoms with van der Waals surface area (Å²) in [6.07, 6.45) is -2.64. The number of amides is 1. The SMILES string of the molecule is O=C(CCc1ccc(OC(F)F)cc1)NCc1ccnc(OCC(F)(F)F)c1. The number of hydrogen-bond donors (Lipinski definition) is 1. The van der Waals surface area contributed by atoms with E-state index in [2.05, 4.69) is 19.8 Å². The molecule has 0 spiro atoms. The van der Waals surface area contributed by atoms with Crippen molar-refractivity contribution in [2.45, 2.75) is 32.2 Å². The van der Waals surface area contributed by atoms with Crippen LogP contribution in [0.3, 0.4) is 0 Å². The highest BCUT2D eigenvalue weighted by molar-refractivity contribution is 5.76. The molecule has 5 nitrogen and oxygen atoms in total. The second kappa shape index (κ2) is 9.86. The average molecular weight is 404 g/mol. The van der Waals surface area contributed by atoms with E-state index in [0.717, 1.165) is 5.56 Å². The highest BCUT2D eigenvalue weighted by Gasteiger charge is 2.28. The fourth-order valence-electron chi connectivity index (χ4n) is 2.18. The minimum Gasteiger partial charge on any atom is -0.468 e. The Hall–Kier alpha value is -2.91. The molecule has 0 bridgehead atoms. The van der Waals surface area contributed by atoms with Gasteiger partial charge in [0.2, 0.25) is 11.8 Å². The molecule has 2 rings (SSSR count). The number of carbonyl (C=O) groups is 1. The molecule has 0 aliphatic heterocycles. The molecule has 28 heavy (non-hydrogen) atoms. The van der Waals surface area contributed by atoms with Crippen LogP contribution in [0.5, 0.6) is 11.6 Å². The van der Waals surface area contributed by atoms with Crippen LogP contribution in [0.15, 0.2) is 42.6 Å². The second-order valence-electron chi connectivity index (χ2n) is 5.71. The summed E-state index contributed by atoms with van der Waals surface area (Å²) < 4.78 is 69.4. The molecule has 0 radical (unpaired) electrons. The predicted octanol–water partition coefficient (Wildman–Crippen LogP) is 3.87. The topological polar surface area (TPSA) is 60.5 Å². The molecule has 152 valence electrons. The molecule has 0 fully saturated rings. The van der Waals surface area contributed by atoms with Crippen LogP contribution in [0, 0.1) is 0 Å². The summed E-state index contributed by atoms with van der Waals surface area (Å²) in [4.78, 5) is 15.6. The van der Waals surface area contributed by atoms with E-state index < -0.39 is 19.4 Å². The molecule has 1 aromatic heterocycles. The van der Waals surface area contributed by atoms with Crippen molar-refractivity contribution in [3.05, 3.63) is 53.7 Å². The lowest BCUT2D eigenvalue weighted by Crippen LogP contribution is -2.23. The number of rotatable bonds is 9. The highest BCUT2D eigenvalue weighted by Crippen LogP contribution is 2.18. The molecule has 1 amide bonds. The summed E-state index contributed by atoms with van der Waals surface area (Å²) in [7, 11) is 0. The van der Waals surface area contributed by atoms with Gasteiger partial charge in [0.15, 0.2) is 6.61 Å². The molecule has 1 heterocycles. The van der Waals surface area contributed by atoms with Crippen molar-refractivity contribution < 1.29 is 36.2 Å². The van der Waals surface area contributed by atoms with Crippen molar-refractivity contribution in [1.29, 1.82) is 0 Å². The van der Waals surface area contributed by atoms with Gasteiger partial charge in [-0.25, -0.2) is 4.98 Å². The van der Waals surface area contributed by atoms with Crippen LogP contribution in [-0.4, -0.2) is 30.3 Å². The summed E-state index contributed by atoms with van der Waals surface area (Å²) in [6.45, 7) is -4.24. The van der Waals surface area contributed by atoms with E-state index in [1.165, 1.54) is 24.4 Å². The molecule has 0 saturated carbocycles. The van der Waals surface area contributed by atoms with Crippen molar-refractivity contribution in [2.75, 3.05) is 6.61 Å². The average Bonchev–Trinajstić information content (AvgIpc) is 2.63. The molecule has 0 saturated heterocycles. The monoisotopic (exact) mass is 404 g/mol. The van der Waals surface area contributed by atoms with Gasteiger partial charge >= 0.3 is 12.8 Å². The van der Waals surface area contributed by atoms with Crippen LogP contribution in [0.25, 0.3) is 0 Å². The van der Waals surface area contributed by atoms with Crippen LogP contribution in [0.4, 0.5) is 22.0 Å². The number of halogens is 5. The number of nitrogens with one attached hydrogen (secondary N) is 1. The Bertz CT molecular complexity index is 767. The molecule has 10 heteroatoms. The Morgan fingerprint density at radius 1 is 1.11 bits per heavy atom. The molecule has 1 N–H and O–H groups in total. The molecule has 1 aromatic carbocycles. The third-order valence-electron chi connectivity index (χ3n) is 3.46. The zero-order valence-electron chi connectivity index (χ0n) is 14.5. The number of pyridine rings is 1. The minimum absolute atomic E-state index is 0.0319. The predicted molar refractivity (Wildman–Crippen MR) is 89.0 cm³/mol. The van der Waals surface area contributed by atoms with E-state index in [9.17, 15) is 26.7 Å². The number of hydrogen-bond acceptors (Lipinski definition) is 4. The van der Waals surface area contributed by atoms with Gasteiger partial charge in [0.1, 0.15) is 5.75 Å². The van der Waals surface area contributed by atoms with Crippen molar-refractivity contribution >= 4 is 5.91 Å². The molecular formula is C18H17F5N2O3. The summed E-state index contributed by atoms with van der Waals surface area (Å²) in [5, 5.41) is 2.64. The van der Waals surface area contributed by atoms with Gasteiger partial charge in [-0.1, -0.05) is 12.1 Å². The number of aromatic nitrogens is 1. The largest absolute Gasteiger partial charge is 0.468 e. The van der Waals surface area contributed by atoms with Gasteiger partial charge in [0, 0.05) is 25.2 Å². The summed E-state index contributed by atoms with van der Waals surface area (Å²) in [6, 6.07) is 8.80. The second-order valence-corrected chi connectivity index (χ2v) is 5.71. The number of benzene rings is 1. The van der Waals surface area contributed by atoms with Crippen molar-refractivity contribution in [3.8, 4) is 11.6 Å². The first-order valence-corrected chi connectivity index (χ1v) is 8.16. The fraction of sp³-hybridized carbons (Fsp3) is 0.333. The Labute approximate surface area is 157 Å². The van der Waals surface area contributed by atoms with Crippen molar-refractivity contribution in [1.82, 2.24) is 10.3 Å². The number of aryl methyl sites for hydroxylation is 1. The maximum atomic E-state index is 12.1. The molecule has 2 aromatic rings. The number of carbonyl (C=O) groups excluding carboxylic acids is 1. The van der Waals surface area contributed by atoms with E-state index in [1.54, 1.807) is 18.2 Å². The smallest absolute Gasteiger partial charge is 0.422 e. The molecule has 0 aliphatic rings. The van der Waals surface area contributed by atoms with E-state index in [-0.39, 0.29) is 30.5 Å². The quantitative estimate of drug-likeness (QED) is 0.645. The van der Waals surface area contributed by atoms with Gasteiger partial charge in [-0.05, 0) is 35.7 Å². The third kappa shape index (κ3) is 8.19. The lowest BCUT2D eigenvalue weighted by molar-refractivity contribution is -0.154. The van der Waals surface area contributed by atoms with Gasteiger partial charge in [-0.3, -0.25) is 4.79 Å². The third-order valence-corrected chi connectivity index (χ3v) is 3.46. The van der Waals surface area contributed by atoms with Gasteiger partial charge in [-0.15, -0.1) is 0 Å². The number of nitrogens with zero attached hydrogens (tertiary/aromatic N) is 1. The van der Waals surface area contributed by atoms with Crippen LogP contribution in [0.2, 0.25) is 0 Å². The van der Waals surface area contributed by atoms with Gasteiger partial charge in [0.05, 0.1) is 0 Å². The van der Waals surface area contributed by atoms with Gasteiger partial charge in [0.25, 0.3) is 0 Å². The zero-order valence-corrected chi connectivity index (χ0v) is 14.5. The normalized spacial score (nSPS) is 11.4. The minimum atomic E-state index is -4.46. The lowest BCUT2D eigenvalue weighted by Gasteiger charge is -2.10. The number of ether oxygens (including phenoxy) is 2. The van der Waals surface area contributed by atoms with Crippen LogP contribution in [-0.2, 0) is 17.8 Å². The maximum Gasteiger partial charge on any atom is 0.422 e. The summed E-state index contributed by atoms with van der Waals surface area (Å²) >= 11 is 0. The first-order chi connectivity index (χ1) is 13.2. The standard InChI is InChI=1S/C18H17F5N2O3/c19-17(20)28-14-4-1-12(2-5-14)3-6-15(26)25-10-13-7-8-24-16(9-13)27-11-18(21,22)23/h1-2,4-5,7-9,17H,3,6,10-11H2,(H,25,26). The van der Waals surface area contributed by atoms with E-state index in [0.29, 0.717) is 12.0 Å². The fourth-order valence-corrected chi connectivity index (χ4v) is 2.18. The maximum absolute atomic E-state index is 12.1. The highest BCUT2D eigenvalue weighted by atomic mass is 19.4. The van der Waals surface area contributed by atoms with Gasteiger partial charge in [-0.2, -0.15) is 22.0 Å². The lowest BCUT2D eigenvalue weighted by atomic mass is 10.1. The number of alkyl halides is 5. The Kier molecular flexibility index (Phi) is 7.53. The van der Waals surface area contributed by atoms with Crippen LogP contribution >= 0.6 is 0 Å². The molecule has 0 unspecified atom stereocenters. The van der Waals surface area contributed by atoms with E-state index in [4.69, 9.17) is 0 Å². The Morgan fingerprint density at radius 2 is 1.82 bits per heavy atom. The van der Waals surface area contributed by atoms with Crippen LogP contribution < -0.4 is 14.8 Å². The molecular weight excluding hydrogens is 387 g/mol. The van der Waals surface area contributed by atoms with Gasteiger partial charge < -0.3 is 14.8 Å². The summed E-state index contributed by atoms with van der Waals surface area (Å²) in [5.41, 5.74) is 1.30. The first-order valence-electron chi connectivity index (χ1n) is 8.16. The molecule has 0 atom stereocenters. The Morgan fingerprint density at radius 3 is 2.46 bits per heavy atom.